The standard InChI is InChI=1S/C14H21N3O2/c1-19-7-6-16-8-11(9-16)10-17-14(18)5-4-13(15-17)12-2-3-12/h4-5,11-12H,2-3,6-10H2,1H3. The summed E-state index contributed by atoms with van der Waals surface area (Å²) in [5, 5.41) is 4.50. The summed E-state index contributed by atoms with van der Waals surface area (Å²) in [6, 6.07) is 3.56. The first-order chi connectivity index (χ1) is 9.26. The highest BCUT2D eigenvalue weighted by atomic mass is 16.5. The van der Waals surface area contributed by atoms with E-state index in [0.29, 0.717) is 11.8 Å². The maximum Gasteiger partial charge on any atom is 0.266 e. The number of nitrogens with zero attached hydrogens (tertiary/aromatic N) is 3. The Kier molecular flexibility index (Phi) is 3.66. The molecule has 1 aliphatic carbocycles. The average Bonchev–Trinajstić information content (AvgIpc) is 3.18. The minimum atomic E-state index is 0.0275. The van der Waals surface area contributed by atoms with Crippen LogP contribution < -0.4 is 5.56 Å². The van der Waals surface area contributed by atoms with E-state index in [1.807, 2.05) is 6.07 Å². The molecule has 5 nitrogen and oxygen atoms in total. The van der Waals surface area contributed by atoms with Gasteiger partial charge in [-0.1, -0.05) is 0 Å². The van der Waals surface area contributed by atoms with Crippen molar-refractivity contribution in [2.75, 3.05) is 33.4 Å². The lowest BCUT2D eigenvalue weighted by Crippen LogP contribution is -2.50. The van der Waals surface area contributed by atoms with Gasteiger partial charge in [0, 0.05) is 44.6 Å². The first-order valence-corrected chi connectivity index (χ1v) is 7.05. The van der Waals surface area contributed by atoms with Gasteiger partial charge in [-0.25, -0.2) is 4.68 Å². The van der Waals surface area contributed by atoms with Crippen LogP contribution in [0.25, 0.3) is 0 Å². The van der Waals surface area contributed by atoms with Crippen LogP contribution in [0.1, 0.15) is 24.5 Å². The van der Waals surface area contributed by atoms with Gasteiger partial charge in [-0.2, -0.15) is 5.10 Å². The van der Waals surface area contributed by atoms with Crippen LogP contribution in [0, 0.1) is 5.92 Å². The summed E-state index contributed by atoms with van der Waals surface area (Å²) in [6.45, 7) is 4.61. The van der Waals surface area contributed by atoms with Crippen LogP contribution in [0.4, 0.5) is 0 Å². The number of methoxy groups -OCH3 is 1. The summed E-state index contributed by atoms with van der Waals surface area (Å²) in [5.41, 5.74) is 1.12. The SMILES string of the molecule is COCCN1CC(Cn2nc(C3CC3)ccc2=O)C1. The van der Waals surface area contributed by atoms with Gasteiger partial charge in [0.05, 0.1) is 18.8 Å². The zero-order valence-corrected chi connectivity index (χ0v) is 11.4. The molecule has 3 rings (SSSR count). The van der Waals surface area contributed by atoms with Gasteiger partial charge in [-0.15, -0.1) is 0 Å². The molecule has 104 valence electrons. The second-order valence-electron chi connectivity index (χ2n) is 5.67. The van der Waals surface area contributed by atoms with Crippen LogP contribution in [0.3, 0.4) is 0 Å². The highest BCUT2D eigenvalue weighted by molar-refractivity contribution is 5.12. The average molecular weight is 263 g/mol. The molecule has 2 aliphatic rings. The van der Waals surface area contributed by atoms with E-state index in [2.05, 4.69) is 10.00 Å². The fourth-order valence-corrected chi connectivity index (χ4v) is 2.63. The van der Waals surface area contributed by atoms with Crippen molar-refractivity contribution in [3.8, 4) is 0 Å². The number of likely N-dealkylation sites (tertiary alicyclic amines) is 1. The summed E-state index contributed by atoms with van der Waals surface area (Å²) in [4.78, 5) is 14.2. The van der Waals surface area contributed by atoms with Crippen LogP contribution in [-0.4, -0.2) is 48.0 Å². The molecular formula is C14H21N3O2. The Morgan fingerprint density at radius 3 is 2.84 bits per heavy atom. The molecule has 0 spiro atoms. The Morgan fingerprint density at radius 2 is 2.16 bits per heavy atom. The summed E-state index contributed by atoms with van der Waals surface area (Å²) < 4.78 is 6.72. The molecule has 0 amide bonds. The molecular weight excluding hydrogens is 242 g/mol. The topological polar surface area (TPSA) is 47.4 Å². The molecule has 0 aromatic carbocycles. The van der Waals surface area contributed by atoms with Crippen molar-refractivity contribution >= 4 is 0 Å². The molecule has 0 radical (unpaired) electrons. The lowest BCUT2D eigenvalue weighted by Gasteiger charge is -2.39. The lowest BCUT2D eigenvalue weighted by atomic mass is 10.0. The lowest BCUT2D eigenvalue weighted by molar-refractivity contribution is 0.0540. The largest absolute Gasteiger partial charge is 0.383 e. The van der Waals surface area contributed by atoms with Crippen LogP contribution >= 0.6 is 0 Å². The second kappa shape index (κ2) is 5.43. The smallest absolute Gasteiger partial charge is 0.266 e. The van der Waals surface area contributed by atoms with Crippen LogP contribution in [0.5, 0.6) is 0 Å². The summed E-state index contributed by atoms with van der Waals surface area (Å²) in [5.74, 6) is 1.16. The molecule has 2 fully saturated rings. The van der Waals surface area contributed by atoms with Crippen molar-refractivity contribution in [3.05, 3.63) is 28.2 Å². The third-order valence-electron chi connectivity index (χ3n) is 3.96. The minimum Gasteiger partial charge on any atom is -0.383 e. The molecule has 1 saturated heterocycles. The van der Waals surface area contributed by atoms with Crippen molar-refractivity contribution < 1.29 is 4.74 Å². The molecule has 5 heteroatoms. The number of hydrogen-bond acceptors (Lipinski definition) is 4. The second-order valence-corrected chi connectivity index (χ2v) is 5.67. The number of ether oxygens (including phenoxy) is 1. The third-order valence-corrected chi connectivity index (χ3v) is 3.96. The van der Waals surface area contributed by atoms with Gasteiger partial charge < -0.3 is 9.64 Å². The monoisotopic (exact) mass is 263 g/mol. The molecule has 0 bridgehead atoms. The number of rotatable bonds is 6. The van der Waals surface area contributed by atoms with E-state index in [0.717, 1.165) is 38.5 Å². The molecule has 0 atom stereocenters. The Hall–Kier alpha value is -1.20. The normalized spacial score (nSPS) is 20.5. The van der Waals surface area contributed by atoms with Crippen molar-refractivity contribution in [1.29, 1.82) is 0 Å². The Labute approximate surface area is 113 Å². The molecule has 1 aromatic rings. The molecule has 0 unspecified atom stereocenters. The number of aromatic nitrogens is 2. The summed E-state index contributed by atoms with van der Waals surface area (Å²) in [6.07, 6.45) is 2.44. The Balaban J connectivity index is 1.55. The highest BCUT2D eigenvalue weighted by Gasteiger charge is 2.28. The molecule has 1 saturated carbocycles. The van der Waals surface area contributed by atoms with E-state index < -0.39 is 0 Å². The molecule has 19 heavy (non-hydrogen) atoms. The maximum atomic E-state index is 11.8. The molecule has 0 N–H and O–H groups in total. The third kappa shape index (κ3) is 3.04. The van der Waals surface area contributed by atoms with Crippen LogP contribution in [-0.2, 0) is 11.3 Å². The molecule has 2 heterocycles. The molecule has 1 aromatic heterocycles. The Bertz CT molecular complexity index is 490. The maximum absolute atomic E-state index is 11.8. The van der Waals surface area contributed by atoms with E-state index in [1.165, 1.54) is 12.8 Å². The van der Waals surface area contributed by atoms with E-state index >= 15 is 0 Å². The number of hydrogen-bond donors (Lipinski definition) is 0. The van der Waals surface area contributed by atoms with Gasteiger partial charge in [0.1, 0.15) is 0 Å². The first-order valence-electron chi connectivity index (χ1n) is 7.05. The van der Waals surface area contributed by atoms with Crippen molar-refractivity contribution in [2.45, 2.75) is 25.3 Å². The van der Waals surface area contributed by atoms with E-state index in [-0.39, 0.29) is 5.56 Å². The van der Waals surface area contributed by atoms with Gasteiger partial charge in [0.2, 0.25) is 0 Å². The van der Waals surface area contributed by atoms with Crippen molar-refractivity contribution in [2.24, 2.45) is 5.92 Å². The Morgan fingerprint density at radius 1 is 1.37 bits per heavy atom. The minimum absolute atomic E-state index is 0.0275. The van der Waals surface area contributed by atoms with Crippen molar-refractivity contribution in [3.63, 3.8) is 0 Å². The fourth-order valence-electron chi connectivity index (χ4n) is 2.63. The quantitative estimate of drug-likeness (QED) is 0.758. The van der Waals surface area contributed by atoms with E-state index in [1.54, 1.807) is 17.9 Å². The van der Waals surface area contributed by atoms with Crippen LogP contribution in [0.2, 0.25) is 0 Å². The summed E-state index contributed by atoms with van der Waals surface area (Å²) >= 11 is 0. The van der Waals surface area contributed by atoms with E-state index in [4.69, 9.17) is 4.74 Å². The molecule has 1 aliphatic heterocycles. The highest BCUT2D eigenvalue weighted by Crippen LogP contribution is 2.38. The van der Waals surface area contributed by atoms with Gasteiger partial charge in [-0.05, 0) is 18.9 Å². The van der Waals surface area contributed by atoms with Crippen LogP contribution in [0.15, 0.2) is 16.9 Å². The van der Waals surface area contributed by atoms with E-state index in [9.17, 15) is 4.79 Å². The van der Waals surface area contributed by atoms with Gasteiger partial charge in [0.25, 0.3) is 5.56 Å². The zero-order valence-electron chi connectivity index (χ0n) is 11.4. The first kappa shape index (κ1) is 12.8. The summed E-state index contributed by atoms with van der Waals surface area (Å²) in [7, 11) is 1.73. The van der Waals surface area contributed by atoms with Crippen molar-refractivity contribution in [1.82, 2.24) is 14.7 Å². The fraction of sp³-hybridized carbons (Fsp3) is 0.714. The van der Waals surface area contributed by atoms with Gasteiger partial charge >= 0.3 is 0 Å². The predicted molar refractivity (Wildman–Crippen MR) is 72.3 cm³/mol. The van der Waals surface area contributed by atoms with Gasteiger partial charge in [0.15, 0.2) is 0 Å². The van der Waals surface area contributed by atoms with Gasteiger partial charge in [-0.3, -0.25) is 4.79 Å². The predicted octanol–water partition coefficient (Wildman–Crippen LogP) is 0.699. The zero-order chi connectivity index (χ0) is 13.2.